The number of hydrogen-bond acceptors (Lipinski definition) is 3. The largest absolute Gasteiger partial charge is 0.393 e. The number of rotatable bonds is 5. The van der Waals surface area contributed by atoms with Crippen molar-refractivity contribution < 1.29 is 9.90 Å². The third-order valence-corrected chi connectivity index (χ3v) is 3.52. The van der Waals surface area contributed by atoms with Gasteiger partial charge >= 0.3 is 0 Å². The van der Waals surface area contributed by atoms with E-state index in [0.29, 0.717) is 13.0 Å². The Morgan fingerprint density at radius 1 is 1.47 bits per heavy atom. The first-order chi connectivity index (χ1) is 9.08. The van der Waals surface area contributed by atoms with Crippen LogP contribution in [0.15, 0.2) is 24.3 Å². The Kier molecular flexibility index (Phi) is 4.56. The van der Waals surface area contributed by atoms with Gasteiger partial charge in [0.25, 0.3) is 0 Å². The smallest absolute Gasteiger partial charge is 0.241 e. The number of fused-ring (bicyclic) bond motifs is 1. The highest BCUT2D eigenvalue weighted by molar-refractivity contribution is 5.96. The lowest BCUT2D eigenvalue weighted by molar-refractivity contribution is -0.119. The van der Waals surface area contributed by atoms with E-state index in [2.05, 4.69) is 6.07 Å². The predicted octanol–water partition coefficient (Wildman–Crippen LogP) is 1.28. The van der Waals surface area contributed by atoms with Crippen molar-refractivity contribution >= 4 is 11.6 Å². The minimum Gasteiger partial charge on any atom is -0.393 e. The third kappa shape index (κ3) is 3.55. The van der Waals surface area contributed by atoms with E-state index in [1.54, 1.807) is 6.92 Å². The van der Waals surface area contributed by atoms with Gasteiger partial charge in [-0.25, -0.2) is 0 Å². The molecule has 1 amide bonds. The fourth-order valence-corrected chi connectivity index (χ4v) is 2.40. The molecule has 0 fully saturated rings. The molecule has 1 aromatic rings. The quantitative estimate of drug-likeness (QED) is 0.869. The Bertz CT molecular complexity index is 446. The van der Waals surface area contributed by atoms with Crippen LogP contribution in [0.4, 0.5) is 5.69 Å². The zero-order valence-corrected chi connectivity index (χ0v) is 11.7. The van der Waals surface area contributed by atoms with E-state index in [-0.39, 0.29) is 12.0 Å². The second-order valence-electron chi connectivity index (χ2n) is 5.30. The first-order valence-corrected chi connectivity index (χ1v) is 6.83. The van der Waals surface area contributed by atoms with Crippen LogP contribution < -0.4 is 4.90 Å². The van der Waals surface area contributed by atoms with Gasteiger partial charge in [0, 0.05) is 18.8 Å². The second-order valence-corrected chi connectivity index (χ2v) is 5.30. The van der Waals surface area contributed by atoms with Crippen molar-refractivity contribution in [3.63, 3.8) is 0 Å². The minimum absolute atomic E-state index is 0.137. The normalized spacial score (nSPS) is 15.7. The van der Waals surface area contributed by atoms with Crippen molar-refractivity contribution in [2.45, 2.75) is 25.9 Å². The van der Waals surface area contributed by atoms with Crippen molar-refractivity contribution in [2.75, 3.05) is 31.6 Å². The number of likely N-dealkylation sites (N-methyl/N-ethyl adjacent to an activating group) is 1. The molecule has 19 heavy (non-hydrogen) atoms. The lowest BCUT2D eigenvalue weighted by atomic mass is 10.2. The van der Waals surface area contributed by atoms with Gasteiger partial charge in [-0.3, -0.25) is 9.69 Å². The summed E-state index contributed by atoms with van der Waals surface area (Å²) in [6.45, 7) is 3.69. The maximum atomic E-state index is 12.3. The van der Waals surface area contributed by atoms with Crippen LogP contribution in [0.2, 0.25) is 0 Å². The Labute approximate surface area is 114 Å². The van der Waals surface area contributed by atoms with Crippen molar-refractivity contribution in [3.05, 3.63) is 29.8 Å². The van der Waals surface area contributed by atoms with E-state index in [1.807, 2.05) is 35.0 Å². The Morgan fingerprint density at radius 3 is 2.95 bits per heavy atom. The van der Waals surface area contributed by atoms with Gasteiger partial charge in [-0.1, -0.05) is 18.2 Å². The van der Waals surface area contributed by atoms with Gasteiger partial charge in [0.15, 0.2) is 0 Å². The molecule has 0 saturated heterocycles. The lowest BCUT2D eigenvalue weighted by Gasteiger charge is -2.22. The first kappa shape index (κ1) is 14.0. The summed E-state index contributed by atoms with van der Waals surface area (Å²) in [6.07, 6.45) is 1.32. The standard InChI is InChI=1S/C15H22N2O2/c1-12(18)7-9-16(2)11-15(19)17-10-8-13-5-3-4-6-14(13)17/h3-6,12,18H,7-11H2,1-2H3. The summed E-state index contributed by atoms with van der Waals surface area (Å²) < 4.78 is 0. The average molecular weight is 262 g/mol. The highest BCUT2D eigenvalue weighted by atomic mass is 16.3. The molecule has 4 heteroatoms. The molecule has 104 valence electrons. The summed E-state index contributed by atoms with van der Waals surface area (Å²) in [5.74, 6) is 0.137. The van der Waals surface area contributed by atoms with Crippen LogP contribution in [-0.2, 0) is 11.2 Å². The molecule has 0 bridgehead atoms. The van der Waals surface area contributed by atoms with Crippen LogP contribution in [0.1, 0.15) is 18.9 Å². The third-order valence-electron chi connectivity index (χ3n) is 3.52. The van der Waals surface area contributed by atoms with Crippen LogP contribution in [0.25, 0.3) is 0 Å². The zero-order valence-electron chi connectivity index (χ0n) is 11.7. The lowest BCUT2D eigenvalue weighted by Crippen LogP contribution is -2.38. The minimum atomic E-state index is -0.315. The summed E-state index contributed by atoms with van der Waals surface area (Å²) >= 11 is 0. The van der Waals surface area contributed by atoms with Crippen LogP contribution >= 0.6 is 0 Å². The van der Waals surface area contributed by atoms with Gasteiger partial charge in [0.2, 0.25) is 5.91 Å². The number of anilines is 1. The molecule has 0 radical (unpaired) electrons. The number of amides is 1. The van der Waals surface area contributed by atoms with E-state index in [0.717, 1.165) is 25.2 Å². The molecule has 1 N–H and O–H groups in total. The number of aliphatic hydroxyl groups excluding tert-OH is 1. The molecule has 0 saturated carbocycles. The molecule has 1 aromatic carbocycles. The molecule has 1 atom stereocenters. The number of aliphatic hydroxyl groups is 1. The van der Waals surface area contributed by atoms with Crippen molar-refractivity contribution in [1.82, 2.24) is 4.90 Å². The summed E-state index contributed by atoms with van der Waals surface area (Å²) in [5, 5.41) is 9.26. The van der Waals surface area contributed by atoms with Gasteiger partial charge in [0.05, 0.1) is 12.6 Å². The molecule has 2 rings (SSSR count). The Balaban J connectivity index is 1.91. The van der Waals surface area contributed by atoms with Crippen molar-refractivity contribution in [3.8, 4) is 0 Å². The summed E-state index contributed by atoms with van der Waals surface area (Å²) in [6, 6.07) is 8.08. The second kappa shape index (κ2) is 6.17. The van der Waals surface area contributed by atoms with Gasteiger partial charge in [-0.05, 0) is 38.4 Å². The maximum Gasteiger partial charge on any atom is 0.241 e. The number of carbonyl (C=O) groups is 1. The van der Waals surface area contributed by atoms with Crippen LogP contribution in [-0.4, -0.2) is 48.7 Å². The molecule has 0 aliphatic carbocycles. The van der Waals surface area contributed by atoms with E-state index < -0.39 is 0 Å². The molecule has 1 unspecified atom stereocenters. The predicted molar refractivity (Wildman–Crippen MR) is 76.3 cm³/mol. The fraction of sp³-hybridized carbons (Fsp3) is 0.533. The monoisotopic (exact) mass is 262 g/mol. The van der Waals surface area contributed by atoms with Gasteiger partial charge in [-0.2, -0.15) is 0 Å². The first-order valence-electron chi connectivity index (χ1n) is 6.83. The van der Waals surface area contributed by atoms with Crippen LogP contribution in [0.5, 0.6) is 0 Å². The molecule has 4 nitrogen and oxygen atoms in total. The molecule has 0 spiro atoms. The molecule has 1 aliphatic rings. The maximum absolute atomic E-state index is 12.3. The molecule has 1 heterocycles. The highest BCUT2D eigenvalue weighted by Gasteiger charge is 2.24. The molecular formula is C15H22N2O2. The molecule has 1 aliphatic heterocycles. The number of para-hydroxylation sites is 1. The van der Waals surface area contributed by atoms with E-state index >= 15 is 0 Å². The number of hydrogen-bond donors (Lipinski definition) is 1. The van der Waals surface area contributed by atoms with Gasteiger partial charge in [0.1, 0.15) is 0 Å². The van der Waals surface area contributed by atoms with E-state index in [1.165, 1.54) is 5.56 Å². The van der Waals surface area contributed by atoms with Crippen molar-refractivity contribution in [1.29, 1.82) is 0 Å². The fourth-order valence-electron chi connectivity index (χ4n) is 2.40. The summed E-state index contributed by atoms with van der Waals surface area (Å²) in [4.78, 5) is 16.1. The number of nitrogens with zero attached hydrogens (tertiary/aromatic N) is 2. The topological polar surface area (TPSA) is 43.8 Å². The van der Waals surface area contributed by atoms with Crippen LogP contribution in [0, 0.1) is 0 Å². The number of benzene rings is 1. The summed E-state index contributed by atoms with van der Waals surface area (Å²) in [7, 11) is 1.92. The average Bonchev–Trinajstić information content (AvgIpc) is 2.80. The molecular weight excluding hydrogens is 240 g/mol. The van der Waals surface area contributed by atoms with E-state index in [4.69, 9.17) is 0 Å². The molecule has 0 aromatic heterocycles. The number of carbonyl (C=O) groups excluding carboxylic acids is 1. The SMILES string of the molecule is CC(O)CCN(C)CC(=O)N1CCc2ccccc21. The highest BCUT2D eigenvalue weighted by Crippen LogP contribution is 2.27. The van der Waals surface area contributed by atoms with E-state index in [9.17, 15) is 9.90 Å². The van der Waals surface area contributed by atoms with Gasteiger partial charge < -0.3 is 10.0 Å². The summed E-state index contributed by atoms with van der Waals surface area (Å²) in [5.41, 5.74) is 2.30. The zero-order chi connectivity index (χ0) is 13.8. The van der Waals surface area contributed by atoms with Crippen molar-refractivity contribution in [2.24, 2.45) is 0 Å². The Hall–Kier alpha value is -1.39. The van der Waals surface area contributed by atoms with Crippen LogP contribution in [0.3, 0.4) is 0 Å². The Morgan fingerprint density at radius 2 is 2.21 bits per heavy atom. The van der Waals surface area contributed by atoms with Gasteiger partial charge in [-0.15, -0.1) is 0 Å².